The molecule has 9 nitrogen and oxygen atoms in total. The molecule has 0 saturated heterocycles. The maximum atomic E-state index is 13.0. The van der Waals surface area contributed by atoms with Crippen molar-refractivity contribution in [1.29, 1.82) is 0 Å². The number of carbonyl (C=O) groups is 1. The van der Waals surface area contributed by atoms with Crippen LogP contribution in [0, 0.1) is 0 Å². The molecule has 0 bridgehead atoms. The van der Waals surface area contributed by atoms with Gasteiger partial charge in [-0.05, 0) is 49.0 Å². The van der Waals surface area contributed by atoms with Crippen molar-refractivity contribution in [3.63, 3.8) is 0 Å². The number of fused-ring (bicyclic) bond motifs is 1. The van der Waals surface area contributed by atoms with Crippen molar-refractivity contribution in [2.75, 3.05) is 46.6 Å². The Morgan fingerprint density at radius 2 is 1.65 bits per heavy atom. The average Bonchev–Trinajstić information content (AvgIpc) is 2.86. The van der Waals surface area contributed by atoms with E-state index in [2.05, 4.69) is 5.32 Å². The maximum Gasteiger partial charge on any atom is 0.337 e. The number of methoxy groups -OCH3 is 4. The summed E-state index contributed by atoms with van der Waals surface area (Å²) in [6, 6.07) is 8.46. The second-order valence-corrected chi connectivity index (χ2v) is 7.88. The maximum absolute atomic E-state index is 13.0. The van der Waals surface area contributed by atoms with Crippen LogP contribution in [-0.2, 0) is 9.53 Å². The molecule has 2 aromatic rings. The van der Waals surface area contributed by atoms with Crippen LogP contribution in [0.5, 0.6) is 28.7 Å². The number of nitrogens with one attached hydrogen (secondary N) is 1. The first-order chi connectivity index (χ1) is 16.4. The number of thiocarbonyl (C=S) groups is 1. The SMILES string of the molecule is COC(=O)C1=C(C)N(c2ccc3c(c2)OCCO3)C(=S)N[C@H]1c1cc(OC)c(OC)c(OC)c1. The number of hydrogen-bond acceptors (Lipinski definition) is 8. The highest BCUT2D eigenvalue weighted by Gasteiger charge is 2.36. The molecule has 180 valence electrons. The lowest BCUT2D eigenvalue weighted by molar-refractivity contribution is -0.136. The summed E-state index contributed by atoms with van der Waals surface area (Å²) in [5.41, 5.74) is 2.42. The van der Waals surface area contributed by atoms with Gasteiger partial charge in [0, 0.05) is 11.8 Å². The molecule has 1 N–H and O–H groups in total. The van der Waals surface area contributed by atoms with E-state index in [1.165, 1.54) is 28.4 Å². The lowest BCUT2D eigenvalue weighted by Crippen LogP contribution is -2.48. The molecule has 0 fully saturated rings. The molecule has 34 heavy (non-hydrogen) atoms. The van der Waals surface area contributed by atoms with Crippen molar-refractivity contribution in [2.24, 2.45) is 0 Å². The minimum atomic E-state index is -0.609. The van der Waals surface area contributed by atoms with Crippen LogP contribution in [0.3, 0.4) is 0 Å². The van der Waals surface area contributed by atoms with E-state index in [0.29, 0.717) is 63.9 Å². The Hall–Kier alpha value is -3.66. The number of rotatable bonds is 6. The third-order valence-corrected chi connectivity index (χ3v) is 5.99. The van der Waals surface area contributed by atoms with E-state index in [0.717, 1.165) is 5.69 Å². The minimum absolute atomic E-state index is 0.389. The molecule has 2 aromatic carbocycles. The van der Waals surface area contributed by atoms with Crippen molar-refractivity contribution in [2.45, 2.75) is 13.0 Å². The van der Waals surface area contributed by atoms with Crippen molar-refractivity contribution in [1.82, 2.24) is 5.32 Å². The van der Waals surface area contributed by atoms with Crippen molar-refractivity contribution < 1.29 is 33.2 Å². The Balaban J connectivity index is 1.84. The zero-order valence-electron chi connectivity index (χ0n) is 19.6. The van der Waals surface area contributed by atoms with E-state index in [9.17, 15) is 4.79 Å². The minimum Gasteiger partial charge on any atom is -0.493 e. The van der Waals surface area contributed by atoms with E-state index in [1.807, 2.05) is 25.1 Å². The molecule has 0 aromatic heterocycles. The number of benzene rings is 2. The molecule has 0 aliphatic carbocycles. The summed E-state index contributed by atoms with van der Waals surface area (Å²) in [5.74, 6) is 2.15. The van der Waals surface area contributed by atoms with E-state index in [-0.39, 0.29) is 0 Å². The van der Waals surface area contributed by atoms with Gasteiger partial charge in [0.05, 0.1) is 45.7 Å². The van der Waals surface area contributed by atoms with Gasteiger partial charge in [-0.1, -0.05) is 0 Å². The van der Waals surface area contributed by atoms with Gasteiger partial charge in [-0.15, -0.1) is 0 Å². The van der Waals surface area contributed by atoms with Crippen LogP contribution in [0.1, 0.15) is 18.5 Å². The first-order valence-corrected chi connectivity index (χ1v) is 10.9. The third kappa shape index (κ3) is 4.05. The van der Waals surface area contributed by atoms with Crippen LogP contribution in [0.2, 0.25) is 0 Å². The summed E-state index contributed by atoms with van der Waals surface area (Å²) in [7, 11) is 5.94. The molecule has 4 rings (SSSR count). The van der Waals surface area contributed by atoms with Gasteiger partial charge >= 0.3 is 5.97 Å². The van der Waals surface area contributed by atoms with Crippen LogP contribution < -0.4 is 33.9 Å². The van der Waals surface area contributed by atoms with Crippen molar-refractivity contribution in [3.05, 3.63) is 47.2 Å². The Morgan fingerprint density at radius 3 is 2.24 bits per heavy atom. The molecule has 0 amide bonds. The highest BCUT2D eigenvalue weighted by molar-refractivity contribution is 7.80. The fraction of sp³-hybridized carbons (Fsp3) is 0.333. The molecule has 0 spiro atoms. The lowest BCUT2D eigenvalue weighted by Gasteiger charge is -2.38. The van der Waals surface area contributed by atoms with E-state index in [1.54, 1.807) is 17.0 Å². The molecule has 2 aliphatic heterocycles. The first kappa shape index (κ1) is 23.5. The van der Waals surface area contributed by atoms with E-state index >= 15 is 0 Å². The van der Waals surface area contributed by atoms with E-state index in [4.69, 9.17) is 40.6 Å². The molecule has 0 unspecified atom stereocenters. The summed E-state index contributed by atoms with van der Waals surface area (Å²) in [4.78, 5) is 14.8. The Morgan fingerprint density at radius 1 is 1.00 bits per heavy atom. The number of anilines is 1. The van der Waals surface area contributed by atoms with Gasteiger partial charge in [0.1, 0.15) is 13.2 Å². The summed E-state index contributed by atoms with van der Waals surface area (Å²) in [6.45, 7) is 2.78. The number of hydrogen-bond donors (Lipinski definition) is 1. The van der Waals surface area contributed by atoms with Gasteiger partial charge in [0.25, 0.3) is 0 Å². The largest absolute Gasteiger partial charge is 0.493 e. The summed E-state index contributed by atoms with van der Waals surface area (Å²) < 4.78 is 32.9. The number of carbonyl (C=O) groups excluding carboxylic acids is 1. The molecule has 0 radical (unpaired) electrons. The Bertz CT molecular complexity index is 1140. The van der Waals surface area contributed by atoms with Crippen LogP contribution in [-0.4, -0.2) is 52.7 Å². The second kappa shape index (κ2) is 9.68. The molecular weight excluding hydrogens is 460 g/mol. The fourth-order valence-corrected chi connectivity index (χ4v) is 4.48. The number of allylic oxidation sites excluding steroid dienone is 1. The number of esters is 1. The quantitative estimate of drug-likeness (QED) is 0.484. The summed E-state index contributed by atoms with van der Waals surface area (Å²) in [6.07, 6.45) is 0. The fourth-order valence-electron chi connectivity index (χ4n) is 4.12. The molecule has 0 saturated carbocycles. The van der Waals surface area contributed by atoms with Crippen LogP contribution in [0.4, 0.5) is 5.69 Å². The Labute approximate surface area is 203 Å². The standard InChI is InChI=1S/C24H26N2O7S/c1-13-20(23(27)31-5)21(14-10-18(28-2)22(30-4)19(11-14)29-3)25-24(34)26(13)15-6-7-16-17(12-15)33-9-8-32-16/h6-7,10-12,21H,8-9H2,1-5H3,(H,25,34)/t21-/m0/s1. The molecule has 10 heteroatoms. The Kier molecular flexibility index (Phi) is 6.69. The molecule has 2 aliphatic rings. The first-order valence-electron chi connectivity index (χ1n) is 10.5. The summed E-state index contributed by atoms with van der Waals surface area (Å²) >= 11 is 5.73. The van der Waals surface area contributed by atoms with Gasteiger partial charge in [-0.2, -0.15) is 0 Å². The topological polar surface area (TPSA) is 87.7 Å². The zero-order valence-corrected chi connectivity index (χ0v) is 20.4. The number of ether oxygens (including phenoxy) is 6. The smallest absolute Gasteiger partial charge is 0.337 e. The third-order valence-electron chi connectivity index (χ3n) is 5.69. The predicted molar refractivity (Wildman–Crippen MR) is 129 cm³/mol. The predicted octanol–water partition coefficient (Wildman–Crippen LogP) is 3.37. The normalized spacial score (nSPS) is 17.1. The van der Waals surface area contributed by atoms with Gasteiger partial charge in [0.2, 0.25) is 5.75 Å². The zero-order chi connectivity index (χ0) is 24.4. The van der Waals surface area contributed by atoms with Gasteiger partial charge in [0.15, 0.2) is 28.1 Å². The van der Waals surface area contributed by atoms with Crippen molar-refractivity contribution in [3.8, 4) is 28.7 Å². The highest BCUT2D eigenvalue weighted by atomic mass is 32.1. The van der Waals surface area contributed by atoms with Crippen LogP contribution in [0.15, 0.2) is 41.6 Å². The van der Waals surface area contributed by atoms with E-state index < -0.39 is 12.0 Å². The molecule has 2 heterocycles. The van der Waals surface area contributed by atoms with Gasteiger partial charge in [-0.3, -0.25) is 4.90 Å². The average molecular weight is 487 g/mol. The van der Waals surface area contributed by atoms with Crippen LogP contribution in [0.25, 0.3) is 0 Å². The molecular formula is C24H26N2O7S. The monoisotopic (exact) mass is 486 g/mol. The van der Waals surface area contributed by atoms with Crippen LogP contribution >= 0.6 is 12.2 Å². The summed E-state index contributed by atoms with van der Waals surface area (Å²) in [5, 5.41) is 3.68. The highest BCUT2D eigenvalue weighted by Crippen LogP contribution is 2.43. The number of nitrogens with zero attached hydrogens (tertiary/aromatic N) is 1. The molecule has 1 atom stereocenters. The van der Waals surface area contributed by atoms with Gasteiger partial charge in [-0.25, -0.2) is 4.79 Å². The van der Waals surface area contributed by atoms with Crippen molar-refractivity contribution >= 4 is 29.0 Å². The lowest BCUT2D eigenvalue weighted by atomic mass is 9.94. The second-order valence-electron chi connectivity index (χ2n) is 7.50. The van der Waals surface area contributed by atoms with Gasteiger partial charge < -0.3 is 33.7 Å².